The standard InChI is InChI=1S/C31H35N3O7S/c1-31(2,3)30(36)41-20-40-28(35)18-23-19-32-34-16-11-22(17-26(23)34)29-25-8-6-5-7-21(25)9-10-27(29)42(37,38)33-14-12-24(39-4)13-15-33/h5-11,16-17,19,24H,12-15,18,20H2,1-4H3. The number of piperidine rings is 1. The molecule has 1 fully saturated rings. The molecule has 11 heteroatoms. The van der Waals surface area contributed by atoms with Crippen molar-refractivity contribution in [2.24, 2.45) is 5.41 Å². The zero-order chi connectivity index (χ0) is 30.1. The van der Waals surface area contributed by atoms with E-state index in [0.717, 1.165) is 10.8 Å². The molecule has 0 amide bonds. The Morgan fingerprint density at radius 1 is 1.02 bits per heavy atom. The molecule has 3 heterocycles. The van der Waals surface area contributed by atoms with E-state index >= 15 is 0 Å². The van der Waals surface area contributed by atoms with Crippen molar-refractivity contribution >= 4 is 38.3 Å². The Kier molecular flexibility index (Phi) is 8.36. The largest absolute Gasteiger partial charge is 0.428 e. The number of methoxy groups -OCH3 is 1. The maximum Gasteiger partial charge on any atom is 0.314 e. The number of hydrogen-bond acceptors (Lipinski definition) is 8. The Balaban J connectivity index is 1.48. The third-order valence-corrected chi connectivity index (χ3v) is 9.43. The first-order valence-corrected chi connectivity index (χ1v) is 15.3. The first-order valence-electron chi connectivity index (χ1n) is 13.8. The van der Waals surface area contributed by atoms with E-state index in [1.807, 2.05) is 42.5 Å². The van der Waals surface area contributed by atoms with E-state index in [4.69, 9.17) is 14.2 Å². The Hall–Kier alpha value is -3.80. The second-order valence-corrected chi connectivity index (χ2v) is 13.3. The van der Waals surface area contributed by atoms with E-state index in [-0.39, 0.29) is 17.4 Å². The molecule has 0 unspecified atom stereocenters. The number of aromatic nitrogens is 2. The lowest BCUT2D eigenvalue weighted by Gasteiger charge is -2.31. The van der Waals surface area contributed by atoms with Crippen molar-refractivity contribution < 1.29 is 32.2 Å². The van der Waals surface area contributed by atoms with Crippen LogP contribution in [0.3, 0.4) is 0 Å². The van der Waals surface area contributed by atoms with Gasteiger partial charge in [-0.25, -0.2) is 12.9 Å². The number of sulfonamides is 1. The van der Waals surface area contributed by atoms with Gasteiger partial charge in [-0.05, 0) is 68.1 Å². The highest BCUT2D eigenvalue weighted by molar-refractivity contribution is 7.89. The monoisotopic (exact) mass is 593 g/mol. The van der Waals surface area contributed by atoms with Crippen LogP contribution >= 0.6 is 0 Å². The van der Waals surface area contributed by atoms with Crippen molar-refractivity contribution in [1.29, 1.82) is 0 Å². The summed E-state index contributed by atoms with van der Waals surface area (Å²) < 4.78 is 46.8. The molecule has 0 bridgehead atoms. The third-order valence-electron chi connectivity index (χ3n) is 7.49. The molecule has 2 aromatic heterocycles. The van der Waals surface area contributed by atoms with Crippen LogP contribution in [0.5, 0.6) is 0 Å². The number of pyridine rings is 1. The second-order valence-electron chi connectivity index (χ2n) is 11.4. The molecule has 0 atom stereocenters. The summed E-state index contributed by atoms with van der Waals surface area (Å²) in [5.74, 6) is -1.05. The van der Waals surface area contributed by atoms with Crippen LogP contribution in [0, 0.1) is 5.41 Å². The lowest BCUT2D eigenvalue weighted by Crippen LogP contribution is -2.40. The van der Waals surface area contributed by atoms with E-state index in [1.165, 1.54) is 4.31 Å². The van der Waals surface area contributed by atoms with E-state index in [0.29, 0.717) is 48.1 Å². The molecule has 1 aliphatic heterocycles. The van der Waals surface area contributed by atoms with Crippen molar-refractivity contribution in [3.05, 3.63) is 66.5 Å². The lowest BCUT2D eigenvalue weighted by molar-refractivity contribution is -0.172. The summed E-state index contributed by atoms with van der Waals surface area (Å²) in [4.78, 5) is 24.8. The van der Waals surface area contributed by atoms with Gasteiger partial charge in [-0.1, -0.05) is 30.3 Å². The van der Waals surface area contributed by atoms with E-state index in [1.54, 1.807) is 50.9 Å². The zero-order valence-corrected chi connectivity index (χ0v) is 25.0. The van der Waals surface area contributed by atoms with Gasteiger partial charge >= 0.3 is 11.9 Å². The van der Waals surface area contributed by atoms with Crippen LogP contribution in [-0.4, -0.2) is 67.4 Å². The fourth-order valence-electron chi connectivity index (χ4n) is 5.11. The maximum atomic E-state index is 14.0. The van der Waals surface area contributed by atoms with Gasteiger partial charge in [-0.2, -0.15) is 9.40 Å². The van der Waals surface area contributed by atoms with Gasteiger partial charge in [0.1, 0.15) is 0 Å². The van der Waals surface area contributed by atoms with Crippen LogP contribution in [0.2, 0.25) is 0 Å². The van der Waals surface area contributed by atoms with Gasteiger partial charge in [-0.15, -0.1) is 0 Å². The molecule has 1 saturated heterocycles. The average Bonchev–Trinajstić information content (AvgIpc) is 3.37. The molecule has 10 nitrogen and oxygen atoms in total. The van der Waals surface area contributed by atoms with Crippen molar-refractivity contribution in [3.63, 3.8) is 0 Å². The molecule has 0 radical (unpaired) electrons. The van der Waals surface area contributed by atoms with Gasteiger partial charge in [0.25, 0.3) is 0 Å². The Bertz CT molecular complexity index is 1730. The fourth-order valence-corrected chi connectivity index (χ4v) is 6.80. The topological polar surface area (TPSA) is 117 Å². The highest BCUT2D eigenvalue weighted by Gasteiger charge is 2.32. The molecule has 4 aromatic rings. The van der Waals surface area contributed by atoms with Gasteiger partial charge in [0.05, 0.1) is 34.5 Å². The van der Waals surface area contributed by atoms with Crippen LogP contribution in [-0.2, 0) is 40.2 Å². The summed E-state index contributed by atoms with van der Waals surface area (Å²) in [6.07, 6.45) is 4.53. The number of carbonyl (C=O) groups is 2. The highest BCUT2D eigenvalue weighted by Crippen LogP contribution is 2.37. The molecule has 0 aliphatic carbocycles. The predicted octanol–water partition coefficient (Wildman–Crippen LogP) is 4.59. The second kappa shape index (κ2) is 11.8. The van der Waals surface area contributed by atoms with Crippen LogP contribution in [0.15, 0.2) is 65.8 Å². The highest BCUT2D eigenvalue weighted by atomic mass is 32.2. The number of carbonyl (C=O) groups excluding carboxylic acids is 2. The number of rotatable bonds is 8. The zero-order valence-electron chi connectivity index (χ0n) is 24.2. The molecule has 0 N–H and O–H groups in total. The first kappa shape index (κ1) is 29.7. The van der Waals surface area contributed by atoms with Gasteiger partial charge in [-0.3, -0.25) is 9.59 Å². The number of hydrogen-bond donors (Lipinski definition) is 0. The smallest absolute Gasteiger partial charge is 0.314 e. The summed E-state index contributed by atoms with van der Waals surface area (Å²) >= 11 is 0. The Morgan fingerprint density at radius 2 is 1.76 bits per heavy atom. The fraction of sp³-hybridized carbons (Fsp3) is 0.387. The molecule has 222 valence electrons. The molecule has 0 saturated carbocycles. The SMILES string of the molecule is COC1CCN(S(=O)(=O)c2ccc3ccccc3c2-c2ccn3ncc(CC(=O)OCOC(=O)C(C)(C)C)c3c2)CC1. The summed E-state index contributed by atoms with van der Waals surface area (Å²) in [6.45, 7) is 5.42. The summed E-state index contributed by atoms with van der Waals surface area (Å²) in [5.41, 5.74) is 1.79. The van der Waals surface area contributed by atoms with Gasteiger partial charge in [0, 0.05) is 37.5 Å². The summed E-state index contributed by atoms with van der Waals surface area (Å²) in [7, 11) is -2.17. The average molecular weight is 594 g/mol. The summed E-state index contributed by atoms with van der Waals surface area (Å²) in [5, 5.41) is 6.07. The maximum absolute atomic E-state index is 14.0. The number of fused-ring (bicyclic) bond motifs is 2. The molecule has 1 aliphatic rings. The number of nitrogens with zero attached hydrogens (tertiary/aromatic N) is 3. The van der Waals surface area contributed by atoms with E-state index in [2.05, 4.69) is 5.10 Å². The molecular formula is C31H35N3O7S. The van der Waals surface area contributed by atoms with Crippen molar-refractivity contribution in [2.75, 3.05) is 27.0 Å². The molecule has 0 spiro atoms. The van der Waals surface area contributed by atoms with Crippen LogP contribution in [0.4, 0.5) is 0 Å². The minimum absolute atomic E-state index is 0.0486. The number of esters is 2. The molecule has 42 heavy (non-hydrogen) atoms. The van der Waals surface area contributed by atoms with Gasteiger partial charge in [0.2, 0.25) is 16.8 Å². The van der Waals surface area contributed by atoms with Gasteiger partial charge in [0.15, 0.2) is 0 Å². The van der Waals surface area contributed by atoms with Crippen molar-refractivity contribution in [3.8, 4) is 11.1 Å². The van der Waals surface area contributed by atoms with Crippen LogP contribution in [0.1, 0.15) is 39.2 Å². The van der Waals surface area contributed by atoms with Gasteiger partial charge < -0.3 is 14.2 Å². The first-order chi connectivity index (χ1) is 20.0. The number of ether oxygens (including phenoxy) is 3. The molecular weight excluding hydrogens is 558 g/mol. The quantitative estimate of drug-likeness (QED) is 0.215. The van der Waals surface area contributed by atoms with Crippen LogP contribution in [0.25, 0.3) is 27.4 Å². The minimum Gasteiger partial charge on any atom is -0.428 e. The Labute approximate surface area is 245 Å². The predicted molar refractivity (Wildman–Crippen MR) is 157 cm³/mol. The van der Waals surface area contributed by atoms with Crippen LogP contribution < -0.4 is 0 Å². The van der Waals surface area contributed by atoms with E-state index in [9.17, 15) is 18.0 Å². The number of benzene rings is 2. The lowest BCUT2D eigenvalue weighted by atomic mass is 9.98. The normalized spacial score (nSPS) is 15.2. The van der Waals surface area contributed by atoms with Crippen molar-refractivity contribution in [1.82, 2.24) is 13.9 Å². The minimum atomic E-state index is -3.82. The third kappa shape index (κ3) is 6.04. The summed E-state index contributed by atoms with van der Waals surface area (Å²) in [6, 6.07) is 14.8. The van der Waals surface area contributed by atoms with Crippen molar-refractivity contribution in [2.45, 2.75) is 51.0 Å². The Morgan fingerprint density at radius 3 is 2.48 bits per heavy atom. The molecule has 2 aromatic carbocycles. The molecule has 5 rings (SSSR count). The van der Waals surface area contributed by atoms with E-state index < -0.39 is 34.2 Å².